The van der Waals surface area contributed by atoms with Crippen molar-refractivity contribution in [3.8, 4) is 0 Å². The number of hydrogen-bond donors (Lipinski definition) is 2. The van der Waals surface area contributed by atoms with Crippen molar-refractivity contribution in [1.29, 1.82) is 0 Å². The second kappa shape index (κ2) is 7.69. The maximum Gasteiger partial charge on any atom is 0.241 e. The Hall–Kier alpha value is -0.470. The lowest BCUT2D eigenvalue weighted by Gasteiger charge is -2.22. The van der Waals surface area contributed by atoms with Crippen LogP contribution >= 0.6 is 11.3 Å². The summed E-state index contributed by atoms with van der Waals surface area (Å²) in [6.07, 6.45) is 2.04. The number of hydrogen-bond acceptors (Lipinski definition) is 5. The van der Waals surface area contributed by atoms with E-state index in [9.17, 15) is 8.42 Å². The maximum absolute atomic E-state index is 12.4. The molecule has 2 heterocycles. The van der Waals surface area contributed by atoms with Gasteiger partial charge in [-0.05, 0) is 38.3 Å². The Balaban J connectivity index is 1.99. The van der Waals surface area contributed by atoms with Crippen LogP contribution in [0.2, 0.25) is 0 Å². The van der Waals surface area contributed by atoms with Crippen molar-refractivity contribution in [3.05, 3.63) is 15.8 Å². The number of aryl methyl sites for hydroxylation is 1. The van der Waals surface area contributed by atoms with Crippen molar-refractivity contribution in [1.82, 2.24) is 10.0 Å². The summed E-state index contributed by atoms with van der Waals surface area (Å²) in [6, 6.07) is 1.78. The van der Waals surface area contributed by atoms with Crippen LogP contribution in [0.5, 0.6) is 0 Å². The molecule has 1 aliphatic heterocycles. The standard InChI is InChI=1S/C14H24N2O3S2/c1-3-15-9-13-7-14(11(2)20-13)21(17,18)16-8-12-5-4-6-19-10-12/h7,12,15-16H,3-6,8-10H2,1-2H3. The zero-order chi connectivity index (χ0) is 15.3. The molecule has 0 spiro atoms. The second-order valence-corrected chi connectivity index (χ2v) is 8.42. The average molecular weight is 332 g/mol. The fraction of sp³-hybridized carbons (Fsp3) is 0.714. The van der Waals surface area contributed by atoms with Gasteiger partial charge in [0.05, 0.1) is 11.5 Å². The molecule has 2 N–H and O–H groups in total. The monoisotopic (exact) mass is 332 g/mol. The van der Waals surface area contributed by atoms with Crippen molar-refractivity contribution in [2.24, 2.45) is 5.92 Å². The summed E-state index contributed by atoms with van der Waals surface area (Å²) in [7, 11) is -3.42. The van der Waals surface area contributed by atoms with E-state index in [0.29, 0.717) is 24.6 Å². The molecule has 1 atom stereocenters. The average Bonchev–Trinajstić information content (AvgIpc) is 2.86. The van der Waals surface area contributed by atoms with Gasteiger partial charge in [0, 0.05) is 29.5 Å². The Labute approximate surface area is 131 Å². The van der Waals surface area contributed by atoms with Gasteiger partial charge >= 0.3 is 0 Å². The third-order valence-corrected chi connectivity index (χ3v) is 6.31. The molecule has 120 valence electrons. The highest BCUT2D eigenvalue weighted by molar-refractivity contribution is 7.89. The third-order valence-electron chi connectivity index (χ3n) is 3.58. The first kappa shape index (κ1) is 16.9. The molecule has 0 aliphatic carbocycles. The van der Waals surface area contributed by atoms with Crippen LogP contribution in [0.3, 0.4) is 0 Å². The molecule has 21 heavy (non-hydrogen) atoms. The molecule has 0 radical (unpaired) electrons. The van der Waals surface area contributed by atoms with Crippen LogP contribution in [0.4, 0.5) is 0 Å². The Morgan fingerprint density at radius 1 is 1.48 bits per heavy atom. The summed E-state index contributed by atoms with van der Waals surface area (Å²) < 4.78 is 33.0. The molecule has 7 heteroatoms. The molecule has 0 saturated carbocycles. The normalized spacial score (nSPS) is 19.8. The molecule has 5 nitrogen and oxygen atoms in total. The van der Waals surface area contributed by atoms with E-state index in [4.69, 9.17) is 4.74 Å². The van der Waals surface area contributed by atoms with Crippen molar-refractivity contribution in [2.45, 2.75) is 38.1 Å². The Morgan fingerprint density at radius 2 is 2.29 bits per heavy atom. The van der Waals surface area contributed by atoms with Gasteiger partial charge in [0.25, 0.3) is 0 Å². The molecule has 1 aliphatic rings. The van der Waals surface area contributed by atoms with Gasteiger partial charge in [-0.25, -0.2) is 13.1 Å². The van der Waals surface area contributed by atoms with E-state index in [1.165, 1.54) is 11.3 Å². The molecule has 1 aromatic heterocycles. The van der Waals surface area contributed by atoms with Crippen molar-refractivity contribution in [3.63, 3.8) is 0 Å². The van der Waals surface area contributed by atoms with E-state index in [1.54, 1.807) is 6.07 Å². The van der Waals surface area contributed by atoms with Crippen LogP contribution in [0, 0.1) is 12.8 Å². The van der Waals surface area contributed by atoms with E-state index >= 15 is 0 Å². The maximum atomic E-state index is 12.4. The summed E-state index contributed by atoms with van der Waals surface area (Å²) in [5.41, 5.74) is 0. The minimum atomic E-state index is -3.42. The number of sulfonamides is 1. The van der Waals surface area contributed by atoms with E-state index in [0.717, 1.165) is 35.7 Å². The SMILES string of the molecule is CCNCc1cc(S(=O)(=O)NCC2CCCOC2)c(C)s1. The van der Waals surface area contributed by atoms with Gasteiger partial charge in [-0.3, -0.25) is 0 Å². The van der Waals surface area contributed by atoms with Crippen LogP contribution in [0.25, 0.3) is 0 Å². The molecule has 1 aromatic rings. The Kier molecular flexibility index (Phi) is 6.19. The predicted molar refractivity (Wildman–Crippen MR) is 85.2 cm³/mol. The van der Waals surface area contributed by atoms with E-state index < -0.39 is 10.0 Å². The molecule has 1 saturated heterocycles. The van der Waals surface area contributed by atoms with Gasteiger partial charge in [-0.2, -0.15) is 0 Å². The highest BCUT2D eigenvalue weighted by atomic mass is 32.2. The zero-order valence-electron chi connectivity index (χ0n) is 12.6. The second-order valence-electron chi connectivity index (χ2n) is 5.35. The largest absolute Gasteiger partial charge is 0.381 e. The summed E-state index contributed by atoms with van der Waals surface area (Å²) in [6.45, 7) is 7.38. The third kappa shape index (κ3) is 4.75. The fourth-order valence-corrected chi connectivity index (χ4v) is 5.12. The lowest BCUT2D eigenvalue weighted by Crippen LogP contribution is -2.33. The van der Waals surface area contributed by atoms with E-state index in [-0.39, 0.29) is 5.92 Å². The van der Waals surface area contributed by atoms with Gasteiger partial charge < -0.3 is 10.1 Å². The van der Waals surface area contributed by atoms with E-state index in [1.807, 2.05) is 13.8 Å². The van der Waals surface area contributed by atoms with Crippen molar-refractivity contribution >= 4 is 21.4 Å². The molecule has 1 unspecified atom stereocenters. The minimum Gasteiger partial charge on any atom is -0.381 e. The molecule has 0 bridgehead atoms. The van der Waals surface area contributed by atoms with Crippen molar-refractivity contribution < 1.29 is 13.2 Å². The number of nitrogens with one attached hydrogen (secondary N) is 2. The molecular formula is C14H24N2O3S2. The number of rotatable bonds is 7. The van der Waals surface area contributed by atoms with Gasteiger partial charge in [0.15, 0.2) is 0 Å². The molecule has 1 fully saturated rings. The lowest BCUT2D eigenvalue weighted by molar-refractivity contribution is 0.0568. The van der Waals surface area contributed by atoms with E-state index in [2.05, 4.69) is 10.0 Å². The summed E-state index contributed by atoms with van der Waals surface area (Å²) in [5.74, 6) is 0.286. The summed E-state index contributed by atoms with van der Waals surface area (Å²) in [4.78, 5) is 2.31. The lowest BCUT2D eigenvalue weighted by atomic mass is 10.0. The Bertz CT molecular complexity index is 549. The molecule has 0 aromatic carbocycles. The summed E-state index contributed by atoms with van der Waals surface area (Å²) in [5, 5.41) is 3.22. The number of ether oxygens (including phenoxy) is 1. The van der Waals surface area contributed by atoms with Crippen molar-refractivity contribution in [2.75, 3.05) is 26.3 Å². The highest BCUT2D eigenvalue weighted by Crippen LogP contribution is 2.26. The fourth-order valence-electron chi connectivity index (χ4n) is 2.40. The quantitative estimate of drug-likeness (QED) is 0.800. The van der Waals surface area contributed by atoms with Gasteiger partial charge in [0.1, 0.15) is 0 Å². The number of thiophene rings is 1. The topological polar surface area (TPSA) is 67.4 Å². The first-order valence-electron chi connectivity index (χ1n) is 7.40. The molecule has 2 rings (SSSR count). The molecule has 0 amide bonds. The van der Waals surface area contributed by atoms with Gasteiger partial charge in [-0.15, -0.1) is 11.3 Å². The van der Waals surface area contributed by atoms with Crippen LogP contribution in [-0.2, 0) is 21.3 Å². The zero-order valence-corrected chi connectivity index (χ0v) is 14.3. The van der Waals surface area contributed by atoms with Crippen LogP contribution < -0.4 is 10.0 Å². The highest BCUT2D eigenvalue weighted by Gasteiger charge is 2.22. The summed E-state index contributed by atoms with van der Waals surface area (Å²) >= 11 is 1.54. The Morgan fingerprint density at radius 3 is 2.95 bits per heavy atom. The molecular weight excluding hydrogens is 308 g/mol. The first-order chi connectivity index (χ1) is 10.0. The minimum absolute atomic E-state index is 0.286. The smallest absolute Gasteiger partial charge is 0.241 e. The van der Waals surface area contributed by atoms with Crippen LogP contribution in [-0.4, -0.2) is 34.7 Å². The van der Waals surface area contributed by atoms with Crippen LogP contribution in [0.1, 0.15) is 29.5 Å². The van der Waals surface area contributed by atoms with Crippen LogP contribution in [0.15, 0.2) is 11.0 Å². The van der Waals surface area contributed by atoms with Gasteiger partial charge in [0.2, 0.25) is 10.0 Å². The van der Waals surface area contributed by atoms with Gasteiger partial charge in [-0.1, -0.05) is 6.92 Å². The first-order valence-corrected chi connectivity index (χ1v) is 9.70. The predicted octanol–water partition coefficient (Wildman–Crippen LogP) is 1.87.